The van der Waals surface area contributed by atoms with E-state index < -0.39 is 5.97 Å². The van der Waals surface area contributed by atoms with Gasteiger partial charge in [0.2, 0.25) is 0 Å². The fraction of sp³-hybridized carbons (Fsp3) is 0.138. The summed E-state index contributed by atoms with van der Waals surface area (Å²) >= 11 is 3.04. The minimum atomic E-state index is -0.740. The lowest BCUT2D eigenvalue weighted by Crippen LogP contribution is -1.99. The van der Waals surface area contributed by atoms with Crippen molar-refractivity contribution < 1.29 is 9.90 Å². The number of rotatable bonds is 6. The molecule has 1 aliphatic carbocycles. The highest BCUT2D eigenvalue weighted by molar-refractivity contribution is 7.98. The molecule has 0 amide bonds. The summed E-state index contributed by atoms with van der Waals surface area (Å²) in [5.41, 5.74) is 7.74. The van der Waals surface area contributed by atoms with Gasteiger partial charge in [0.25, 0.3) is 0 Å². The number of aliphatic carboxylic acids is 1. The molecular formula is C29H21N3O2S2. The zero-order valence-electron chi connectivity index (χ0n) is 19.4. The average molecular weight is 508 g/mol. The van der Waals surface area contributed by atoms with Crippen molar-refractivity contribution in [3.05, 3.63) is 94.3 Å². The van der Waals surface area contributed by atoms with Crippen molar-refractivity contribution in [2.75, 3.05) is 0 Å². The summed E-state index contributed by atoms with van der Waals surface area (Å²) in [5.74, 6) is -1.03. The molecule has 2 atom stereocenters. The number of nitrogens with zero attached hydrogens (tertiary/aromatic N) is 3. The lowest BCUT2D eigenvalue weighted by Gasteiger charge is -2.13. The zero-order chi connectivity index (χ0) is 24.8. The summed E-state index contributed by atoms with van der Waals surface area (Å²) in [6.45, 7) is 2.07. The molecule has 3 aromatic heterocycles. The number of fused-ring (bicyclic) bond motifs is 1. The van der Waals surface area contributed by atoms with Crippen molar-refractivity contribution >= 4 is 40.3 Å². The van der Waals surface area contributed by atoms with Crippen LogP contribution < -0.4 is 0 Å². The van der Waals surface area contributed by atoms with Gasteiger partial charge < -0.3 is 5.11 Å². The molecule has 3 heterocycles. The fourth-order valence-corrected chi connectivity index (χ4v) is 6.44. The Bertz CT molecular complexity index is 1660. The molecule has 6 rings (SSSR count). The Morgan fingerprint density at radius 1 is 1.17 bits per heavy atom. The summed E-state index contributed by atoms with van der Waals surface area (Å²) in [5, 5.41) is 21.3. The van der Waals surface area contributed by atoms with E-state index in [9.17, 15) is 15.2 Å². The van der Waals surface area contributed by atoms with E-state index >= 15 is 0 Å². The smallest absolute Gasteiger partial charge is 0.307 e. The Balaban J connectivity index is 1.61. The highest BCUT2D eigenvalue weighted by Crippen LogP contribution is 2.50. The SMILES string of the molecule is Cc1ccc(Sn2c(-c3cccc(C4CC4C(=O)O)c3)c(-c3ccsc3C#N)c3ncccc32)cc1. The number of pyridine rings is 1. The third kappa shape index (κ3) is 3.89. The fourth-order valence-electron chi connectivity index (χ4n) is 4.75. The highest BCUT2D eigenvalue weighted by Gasteiger charge is 2.44. The van der Waals surface area contributed by atoms with Gasteiger partial charge in [-0.3, -0.25) is 13.8 Å². The monoisotopic (exact) mass is 507 g/mol. The molecule has 0 radical (unpaired) electrons. The number of hydrogen-bond donors (Lipinski definition) is 1. The molecule has 7 heteroatoms. The number of benzene rings is 2. The second kappa shape index (κ2) is 8.98. The number of carbonyl (C=O) groups is 1. The number of aryl methyl sites for hydroxylation is 1. The number of thiophene rings is 1. The van der Waals surface area contributed by atoms with Crippen molar-refractivity contribution in [2.45, 2.75) is 24.2 Å². The summed E-state index contributed by atoms with van der Waals surface area (Å²) in [6.07, 6.45) is 2.45. The van der Waals surface area contributed by atoms with E-state index in [1.165, 1.54) is 16.9 Å². The largest absolute Gasteiger partial charge is 0.481 e. The molecule has 176 valence electrons. The molecular weight excluding hydrogens is 486 g/mol. The summed E-state index contributed by atoms with van der Waals surface area (Å²) in [6, 6.07) is 24.9. The van der Waals surface area contributed by atoms with Crippen LogP contribution in [0.1, 0.15) is 28.3 Å². The minimum absolute atomic E-state index is 0.0300. The van der Waals surface area contributed by atoms with Crippen LogP contribution in [0.15, 0.2) is 83.2 Å². The van der Waals surface area contributed by atoms with Gasteiger partial charge in [0.1, 0.15) is 10.9 Å². The van der Waals surface area contributed by atoms with Crippen molar-refractivity contribution in [3.8, 4) is 28.5 Å². The van der Waals surface area contributed by atoms with Crippen molar-refractivity contribution in [3.63, 3.8) is 0 Å². The molecule has 1 aliphatic rings. The zero-order valence-corrected chi connectivity index (χ0v) is 21.0. The first-order valence-corrected chi connectivity index (χ1v) is 13.3. The highest BCUT2D eigenvalue weighted by atomic mass is 32.2. The van der Waals surface area contributed by atoms with Gasteiger partial charge in [0.15, 0.2) is 0 Å². The van der Waals surface area contributed by atoms with Gasteiger partial charge in [-0.1, -0.05) is 35.9 Å². The minimum Gasteiger partial charge on any atom is -0.481 e. The van der Waals surface area contributed by atoms with E-state index in [1.54, 1.807) is 18.1 Å². The van der Waals surface area contributed by atoms with Crippen LogP contribution in [-0.2, 0) is 4.79 Å². The molecule has 0 saturated heterocycles. The molecule has 0 spiro atoms. The third-order valence-corrected chi connectivity index (χ3v) is 8.50. The molecule has 1 N–H and O–H groups in total. The Kier molecular flexibility index (Phi) is 5.63. The quantitative estimate of drug-likeness (QED) is 0.260. The van der Waals surface area contributed by atoms with E-state index in [2.05, 4.69) is 59.4 Å². The maximum atomic E-state index is 11.5. The molecule has 0 bridgehead atoms. The van der Waals surface area contributed by atoms with Gasteiger partial charge in [-0.2, -0.15) is 5.26 Å². The maximum absolute atomic E-state index is 11.5. The van der Waals surface area contributed by atoms with Crippen LogP contribution in [0.3, 0.4) is 0 Å². The second-order valence-electron chi connectivity index (χ2n) is 8.98. The van der Waals surface area contributed by atoms with Crippen LogP contribution in [0.4, 0.5) is 0 Å². The van der Waals surface area contributed by atoms with Crippen LogP contribution in [0.5, 0.6) is 0 Å². The van der Waals surface area contributed by atoms with Crippen molar-refractivity contribution in [1.29, 1.82) is 5.26 Å². The molecule has 36 heavy (non-hydrogen) atoms. The van der Waals surface area contributed by atoms with Gasteiger partial charge in [0.05, 0.1) is 22.6 Å². The number of carboxylic acids is 1. The van der Waals surface area contributed by atoms with Crippen LogP contribution in [0.2, 0.25) is 0 Å². The number of carboxylic acid groups (broad SMARTS) is 1. The Morgan fingerprint density at radius 3 is 2.75 bits per heavy atom. The predicted molar refractivity (Wildman–Crippen MR) is 144 cm³/mol. The normalized spacial score (nSPS) is 16.7. The van der Waals surface area contributed by atoms with Crippen LogP contribution in [0.25, 0.3) is 33.4 Å². The first-order chi connectivity index (χ1) is 17.5. The first kappa shape index (κ1) is 22.6. The summed E-state index contributed by atoms with van der Waals surface area (Å²) in [4.78, 5) is 18.0. The van der Waals surface area contributed by atoms with Crippen LogP contribution >= 0.6 is 23.3 Å². The first-order valence-electron chi connectivity index (χ1n) is 11.6. The van der Waals surface area contributed by atoms with Gasteiger partial charge in [-0.25, -0.2) is 0 Å². The molecule has 2 unspecified atom stereocenters. The van der Waals surface area contributed by atoms with E-state index in [0.717, 1.165) is 43.9 Å². The van der Waals surface area contributed by atoms with Gasteiger partial charge in [-0.05, 0) is 78.6 Å². The van der Waals surface area contributed by atoms with Gasteiger partial charge in [0, 0.05) is 27.8 Å². The molecule has 5 aromatic rings. The van der Waals surface area contributed by atoms with Crippen LogP contribution in [0, 0.1) is 24.2 Å². The number of nitriles is 1. The number of aromatic nitrogens is 2. The Morgan fingerprint density at radius 2 is 2.00 bits per heavy atom. The average Bonchev–Trinajstić information content (AvgIpc) is 3.47. The summed E-state index contributed by atoms with van der Waals surface area (Å²) < 4.78 is 2.20. The van der Waals surface area contributed by atoms with E-state index in [4.69, 9.17) is 4.98 Å². The third-order valence-electron chi connectivity index (χ3n) is 6.63. The Hall–Kier alpha value is -3.86. The van der Waals surface area contributed by atoms with Crippen LogP contribution in [-0.4, -0.2) is 20.0 Å². The lowest BCUT2D eigenvalue weighted by molar-refractivity contribution is -0.138. The lowest BCUT2D eigenvalue weighted by atomic mass is 9.98. The maximum Gasteiger partial charge on any atom is 0.307 e. The van der Waals surface area contributed by atoms with Gasteiger partial charge in [-0.15, -0.1) is 11.3 Å². The van der Waals surface area contributed by atoms with Gasteiger partial charge >= 0.3 is 5.97 Å². The molecule has 1 fully saturated rings. The van der Waals surface area contributed by atoms with E-state index in [-0.39, 0.29) is 11.8 Å². The Labute approximate surface area is 216 Å². The molecule has 1 saturated carbocycles. The predicted octanol–water partition coefficient (Wildman–Crippen LogP) is 7.36. The number of hydrogen-bond acceptors (Lipinski definition) is 5. The van der Waals surface area contributed by atoms with E-state index in [0.29, 0.717) is 11.3 Å². The second-order valence-corrected chi connectivity index (χ2v) is 10.9. The molecule has 0 aliphatic heterocycles. The van der Waals surface area contributed by atoms with E-state index in [1.807, 2.05) is 29.6 Å². The van der Waals surface area contributed by atoms with Crippen molar-refractivity contribution in [2.24, 2.45) is 5.92 Å². The topological polar surface area (TPSA) is 78.9 Å². The van der Waals surface area contributed by atoms with Crippen molar-refractivity contribution in [1.82, 2.24) is 8.96 Å². The standard InChI is InChI=1S/C29H21N3O2S2/c1-17-7-9-20(10-8-17)36-32-24-6-3-12-31-27(24)26(21-11-13-35-25(21)16-30)28(32)19-5-2-4-18(14-19)22-15-23(22)29(33)34/h2-14,22-23H,15H2,1H3,(H,33,34). The molecule has 2 aromatic carbocycles. The molecule has 5 nitrogen and oxygen atoms in total. The summed E-state index contributed by atoms with van der Waals surface area (Å²) in [7, 11) is 0.